The van der Waals surface area contributed by atoms with Crippen molar-refractivity contribution < 1.29 is 47.5 Å². The molecule has 0 aliphatic carbocycles. The molecule has 0 aromatic rings. The normalized spacial score (nSPS) is 11.5. The van der Waals surface area contributed by atoms with Gasteiger partial charge in [-0.15, -0.1) is 0 Å². The van der Waals surface area contributed by atoms with Crippen molar-refractivity contribution in [3.63, 3.8) is 0 Å². The Balaban J connectivity index is 3.10. The molecule has 0 heterocycles. The first-order chi connectivity index (χ1) is 17.5. The molecular formula is C25H49NO10. The fraction of sp³-hybridized carbons (Fsp3) is 0.920. The third kappa shape index (κ3) is 30.7. The van der Waals surface area contributed by atoms with Crippen LogP contribution in [0.3, 0.4) is 0 Å². The van der Waals surface area contributed by atoms with Gasteiger partial charge < -0.3 is 48.0 Å². The number of ether oxygens (including phenoxy) is 8. The Kier molecular flexibility index (Phi) is 25.7. The zero-order valence-electron chi connectivity index (χ0n) is 22.6. The lowest BCUT2D eigenvalue weighted by Gasteiger charge is -2.19. The van der Waals surface area contributed by atoms with Crippen LogP contribution >= 0.6 is 0 Å². The summed E-state index contributed by atoms with van der Waals surface area (Å²) in [6.07, 6.45) is 3.83. The first-order valence-corrected chi connectivity index (χ1v) is 12.9. The molecule has 11 heteroatoms. The Morgan fingerprint density at radius 3 is 1.39 bits per heavy atom. The minimum absolute atomic E-state index is 0.409. The summed E-state index contributed by atoms with van der Waals surface area (Å²) in [6.45, 7) is 13.4. The third-order valence-corrected chi connectivity index (χ3v) is 4.23. The highest BCUT2D eigenvalue weighted by molar-refractivity contribution is 5.67. The minimum atomic E-state index is -0.496. The third-order valence-electron chi connectivity index (χ3n) is 4.23. The van der Waals surface area contributed by atoms with E-state index in [4.69, 9.17) is 37.9 Å². The molecule has 0 saturated heterocycles. The Labute approximate surface area is 216 Å². The van der Waals surface area contributed by atoms with E-state index in [2.05, 4.69) is 5.32 Å². The van der Waals surface area contributed by atoms with Crippen molar-refractivity contribution in [2.24, 2.45) is 0 Å². The van der Waals surface area contributed by atoms with Gasteiger partial charge >= 0.3 is 6.09 Å². The van der Waals surface area contributed by atoms with Gasteiger partial charge in [0.05, 0.1) is 79.3 Å². The van der Waals surface area contributed by atoms with Crippen LogP contribution in [0, 0.1) is 0 Å². The summed E-state index contributed by atoms with van der Waals surface area (Å²) in [4.78, 5) is 21.6. The van der Waals surface area contributed by atoms with Crippen LogP contribution < -0.4 is 5.32 Å². The highest BCUT2D eigenvalue weighted by Crippen LogP contribution is 2.06. The van der Waals surface area contributed by atoms with Crippen LogP contribution in [0.25, 0.3) is 0 Å². The maximum absolute atomic E-state index is 11.5. The molecule has 214 valence electrons. The van der Waals surface area contributed by atoms with Gasteiger partial charge in [-0.1, -0.05) is 0 Å². The molecule has 11 nitrogen and oxygen atoms in total. The van der Waals surface area contributed by atoms with E-state index in [0.717, 1.165) is 25.5 Å². The van der Waals surface area contributed by atoms with Gasteiger partial charge in [0, 0.05) is 26.2 Å². The first-order valence-electron chi connectivity index (χ1n) is 12.9. The van der Waals surface area contributed by atoms with E-state index >= 15 is 0 Å². The number of carbonyl (C=O) groups is 2. The molecule has 0 aromatic heterocycles. The van der Waals surface area contributed by atoms with Crippen molar-refractivity contribution in [3.05, 3.63) is 0 Å². The number of aldehydes is 1. The van der Waals surface area contributed by atoms with Crippen molar-refractivity contribution in [2.45, 2.75) is 52.1 Å². The summed E-state index contributed by atoms with van der Waals surface area (Å²) in [6, 6.07) is 0. The van der Waals surface area contributed by atoms with Gasteiger partial charge in [-0.2, -0.15) is 0 Å². The zero-order valence-corrected chi connectivity index (χ0v) is 22.6. The van der Waals surface area contributed by atoms with E-state index in [1.165, 1.54) is 0 Å². The molecular weight excluding hydrogens is 474 g/mol. The number of hydrogen-bond donors (Lipinski definition) is 1. The molecule has 0 saturated carbocycles. The molecule has 0 spiro atoms. The molecule has 0 unspecified atom stereocenters. The van der Waals surface area contributed by atoms with Gasteiger partial charge in [-0.25, -0.2) is 4.79 Å². The van der Waals surface area contributed by atoms with Gasteiger partial charge in [0.1, 0.15) is 11.9 Å². The smallest absolute Gasteiger partial charge is 0.407 e. The zero-order chi connectivity index (χ0) is 26.6. The Morgan fingerprint density at radius 1 is 0.583 bits per heavy atom. The predicted octanol–water partition coefficient (Wildman–Crippen LogP) is 2.39. The summed E-state index contributed by atoms with van der Waals surface area (Å²) < 4.78 is 43.0. The quantitative estimate of drug-likeness (QED) is 0.127. The van der Waals surface area contributed by atoms with E-state index in [1.807, 2.05) is 20.8 Å². The molecule has 36 heavy (non-hydrogen) atoms. The van der Waals surface area contributed by atoms with Crippen molar-refractivity contribution in [3.8, 4) is 0 Å². The predicted molar refractivity (Wildman–Crippen MR) is 135 cm³/mol. The second-order valence-electron chi connectivity index (χ2n) is 8.73. The van der Waals surface area contributed by atoms with E-state index < -0.39 is 11.7 Å². The molecule has 0 aliphatic rings. The van der Waals surface area contributed by atoms with Gasteiger partial charge in [0.25, 0.3) is 0 Å². The highest BCUT2D eigenvalue weighted by atomic mass is 16.6. The van der Waals surface area contributed by atoms with Gasteiger partial charge in [0.2, 0.25) is 0 Å². The lowest BCUT2D eigenvalue weighted by atomic mass is 10.2. The van der Waals surface area contributed by atoms with E-state index in [1.54, 1.807) is 0 Å². The van der Waals surface area contributed by atoms with Crippen LogP contribution in [0.1, 0.15) is 46.5 Å². The second-order valence-corrected chi connectivity index (χ2v) is 8.73. The fourth-order valence-corrected chi connectivity index (χ4v) is 2.56. The highest BCUT2D eigenvalue weighted by Gasteiger charge is 2.15. The van der Waals surface area contributed by atoms with Gasteiger partial charge in [-0.05, 0) is 40.0 Å². The van der Waals surface area contributed by atoms with Crippen LogP contribution in [0.5, 0.6) is 0 Å². The maximum Gasteiger partial charge on any atom is 0.407 e. The summed E-state index contributed by atoms with van der Waals surface area (Å²) >= 11 is 0. The van der Waals surface area contributed by atoms with E-state index in [9.17, 15) is 9.59 Å². The van der Waals surface area contributed by atoms with Gasteiger partial charge in [-0.3, -0.25) is 0 Å². The Hall–Kier alpha value is -1.34. The fourth-order valence-electron chi connectivity index (χ4n) is 2.56. The maximum atomic E-state index is 11.5. The van der Waals surface area contributed by atoms with Crippen molar-refractivity contribution in [1.29, 1.82) is 0 Å². The monoisotopic (exact) mass is 523 g/mol. The number of unbranched alkanes of at least 4 members (excludes halogenated alkanes) is 2. The number of rotatable bonds is 27. The van der Waals surface area contributed by atoms with Crippen LogP contribution in [0.2, 0.25) is 0 Å². The summed E-state index contributed by atoms with van der Waals surface area (Å²) in [5.41, 5.74) is -0.496. The van der Waals surface area contributed by atoms with Crippen LogP contribution in [0.4, 0.5) is 4.79 Å². The van der Waals surface area contributed by atoms with E-state index in [0.29, 0.717) is 105 Å². The minimum Gasteiger partial charge on any atom is -0.444 e. The molecule has 0 bridgehead atoms. The SMILES string of the molecule is CC(C)(C)OC(=O)NCCOCCOCCCCCOCCOCCOCCOCCOCCC=O. The van der Waals surface area contributed by atoms with E-state index in [-0.39, 0.29) is 0 Å². The van der Waals surface area contributed by atoms with Crippen LogP contribution in [-0.2, 0) is 42.7 Å². The molecule has 0 rings (SSSR count). The number of amides is 1. The number of carbonyl (C=O) groups excluding carboxylic acids is 2. The standard InChI is InChI=1S/C25H49NO10/c1-25(2,3)36-24(28)26-8-13-32-17-14-29-10-5-4-6-11-30-15-18-33-20-22-35-23-21-34-19-16-31-12-7-9-27/h9H,4-8,10-23H2,1-3H3,(H,26,28). The molecule has 0 fully saturated rings. The Morgan fingerprint density at radius 2 is 0.972 bits per heavy atom. The number of hydrogen-bond acceptors (Lipinski definition) is 10. The molecule has 0 radical (unpaired) electrons. The second kappa shape index (κ2) is 26.7. The van der Waals surface area contributed by atoms with Crippen LogP contribution in [0.15, 0.2) is 0 Å². The van der Waals surface area contributed by atoms with Crippen molar-refractivity contribution in [1.82, 2.24) is 5.32 Å². The average Bonchev–Trinajstić information content (AvgIpc) is 2.82. The molecule has 0 aromatic carbocycles. The van der Waals surface area contributed by atoms with Crippen molar-refractivity contribution in [2.75, 3.05) is 99.0 Å². The first kappa shape index (κ1) is 34.7. The lowest BCUT2D eigenvalue weighted by molar-refractivity contribution is -0.109. The van der Waals surface area contributed by atoms with Crippen molar-refractivity contribution >= 4 is 12.4 Å². The summed E-state index contributed by atoms with van der Waals surface area (Å²) in [7, 11) is 0. The molecule has 1 N–H and O–H groups in total. The Bertz CT molecular complexity index is 488. The molecule has 0 atom stereocenters. The van der Waals surface area contributed by atoms with Crippen LogP contribution in [-0.4, -0.2) is 117 Å². The summed E-state index contributed by atoms with van der Waals surface area (Å²) in [5, 5.41) is 2.64. The lowest BCUT2D eigenvalue weighted by Crippen LogP contribution is -2.34. The molecule has 1 amide bonds. The molecule has 0 aliphatic heterocycles. The topological polar surface area (TPSA) is 120 Å². The van der Waals surface area contributed by atoms with Gasteiger partial charge in [0.15, 0.2) is 0 Å². The average molecular weight is 524 g/mol. The summed E-state index contributed by atoms with van der Waals surface area (Å²) in [5.74, 6) is 0. The largest absolute Gasteiger partial charge is 0.444 e. The number of alkyl carbamates (subject to hydrolysis) is 1. The number of nitrogens with one attached hydrogen (secondary N) is 1.